The van der Waals surface area contributed by atoms with Gasteiger partial charge in [0.15, 0.2) is 11.9 Å². The van der Waals surface area contributed by atoms with Crippen LogP contribution in [0.5, 0.6) is 0 Å². The van der Waals surface area contributed by atoms with Gasteiger partial charge in [-0.05, 0) is 5.56 Å². The van der Waals surface area contributed by atoms with Crippen molar-refractivity contribution in [3.63, 3.8) is 0 Å². The Balaban J connectivity index is 2.03. The predicted octanol–water partition coefficient (Wildman–Crippen LogP) is 0.512. The first kappa shape index (κ1) is 9.71. The Hall–Kier alpha value is -1.84. The minimum Gasteiger partial charge on any atom is -0.478 e. The van der Waals surface area contributed by atoms with E-state index < -0.39 is 11.9 Å². The van der Waals surface area contributed by atoms with Crippen molar-refractivity contribution < 1.29 is 9.53 Å². The number of carbonyl (C=O) groups excluding carboxylic acids is 1. The van der Waals surface area contributed by atoms with E-state index >= 15 is 0 Å². The molecule has 0 fully saturated rings. The Morgan fingerprint density at radius 1 is 1.47 bits per heavy atom. The molecular weight excluding hydrogens is 192 g/mol. The van der Waals surface area contributed by atoms with Crippen molar-refractivity contribution >= 4 is 11.8 Å². The first-order valence-electron chi connectivity index (χ1n) is 4.78. The Bertz CT molecular complexity index is 387. The van der Waals surface area contributed by atoms with Crippen LogP contribution in [0.25, 0.3) is 0 Å². The number of rotatable bonds is 3. The molecule has 4 nitrogen and oxygen atoms in total. The number of ether oxygens (including phenoxy) is 1. The standard InChI is InChI=1S/C11H12N2O2/c12-11(14)9-7-15-10(13-9)6-8-4-2-1-3-5-8/h1-5,9H,6-7H2,(H2,12,14)/t9-/m0/s1. The summed E-state index contributed by atoms with van der Waals surface area (Å²) in [5, 5.41) is 0. The van der Waals surface area contributed by atoms with E-state index in [-0.39, 0.29) is 6.61 Å². The third-order valence-corrected chi connectivity index (χ3v) is 2.23. The first-order valence-corrected chi connectivity index (χ1v) is 4.78. The number of carbonyl (C=O) groups is 1. The average Bonchev–Trinajstić information content (AvgIpc) is 2.68. The van der Waals surface area contributed by atoms with Crippen molar-refractivity contribution in [3.8, 4) is 0 Å². The molecule has 15 heavy (non-hydrogen) atoms. The molecule has 1 aromatic rings. The molecule has 0 aromatic heterocycles. The number of hydrogen-bond acceptors (Lipinski definition) is 3. The Morgan fingerprint density at radius 3 is 2.80 bits per heavy atom. The highest BCUT2D eigenvalue weighted by atomic mass is 16.5. The van der Waals surface area contributed by atoms with Crippen LogP contribution in [0, 0.1) is 0 Å². The summed E-state index contributed by atoms with van der Waals surface area (Å²) in [6.45, 7) is 0.275. The molecule has 0 radical (unpaired) electrons. The van der Waals surface area contributed by atoms with Gasteiger partial charge in [-0.1, -0.05) is 30.3 Å². The largest absolute Gasteiger partial charge is 0.478 e. The number of hydrogen-bond donors (Lipinski definition) is 1. The summed E-state index contributed by atoms with van der Waals surface area (Å²) >= 11 is 0. The molecule has 1 amide bonds. The molecule has 0 saturated heterocycles. The highest BCUT2D eigenvalue weighted by Gasteiger charge is 2.23. The second-order valence-corrected chi connectivity index (χ2v) is 3.41. The van der Waals surface area contributed by atoms with E-state index in [0.29, 0.717) is 12.3 Å². The summed E-state index contributed by atoms with van der Waals surface area (Å²) < 4.78 is 5.28. The molecule has 2 rings (SSSR count). The van der Waals surface area contributed by atoms with Gasteiger partial charge in [0.05, 0.1) is 0 Å². The van der Waals surface area contributed by atoms with Crippen molar-refractivity contribution in [1.82, 2.24) is 0 Å². The lowest BCUT2D eigenvalue weighted by molar-refractivity contribution is -0.119. The molecule has 1 aromatic carbocycles. The van der Waals surface area contributed by atoms with E-state index in [9.17, 15) is 4.79 Å². The lowest BCUT2D eigenvalue weighted by atomic mass is 10.1. The molecule has 0 bridgehead atoms. The second kappa shape index (κ2) is 4.13. The molecule has 1 aliphatic rings. The maximum absolute atomic E-state index is 10.8. The lowest BCUT2D eigenvalue weighted by Gasteiger charge is -2.00. The Kier molecular flexibility index (Phi) is 2.67. The average molecular weight is 204 g/mol. The Morgan fingerprint density at radius 2 is 2.20 bits per heavy atom. The van der Waals surface area contributed by atoms with Crippen LogP contribution in [0.4, 0.5) is 0 Å². The van der Waals surface area contributed by atoms with Crippen molar-refractivity contribution in [2.24, 2.45) is 10.7 Å². The smallest absolute Gasteiger partial charge is 0.245 e. The maximum atomic E-state index is 10.8. The summed E-state index contributed by atoms with van der Waals surface area (Å²) in [4.78, 5) is 14.9. The molecule has 2 N–H and O–H groups in total. The molecule has 0 saturated carbocycles. The molecule has 0 spiro atoms. The number of aliphatic imine (C=N–C) groups is 1. The fraction of sp³-hybridized carbons (Fsp3) is 0.273. The topological polar surface area (TPSA) is 64.7 Å². The third kappa shape index (κ3) is 2.34. The van der Waals surface area contributed by atoms with Gasteiger partial charge in [0, 0.05) is 6.42 Å². The number of nitrogens with two attached hydrogens (primary N) is 1. The summed E-state index contributed by atoms with van der Waals surface area (Å²) in [7, 11) is 0. The normalized spacial score (nSPS) is 19.5. The second-order valence-electron chi connectivity index (χ2n) is 3.41. The zero-order chi connectivity index (χ0) is 10.7. The molecule has 78 valence electrons. The molecule has 1 aliphatic heterocycles. The summed E-state index contributed by atoms with van der Waals surface area (Å²) in [5.41, 5.74) is 6.24. The van der Waals surface area contributed by atoms with E-state index in [2.05, 4.69) is 4.99 Å². The zero-order valence-electron chi connectivity index (χ0n) is 8.22. The molecular formula is C11H12N2O2. The van der Waals surface area contributed by atoms with Crippen LogP contribution in [0.2, 0.25) is 0 Å². The minimum atomic E-state index is -0.510. The lowest BCUT2D eigenvalue weighted by Crippen LogP contribution is -2.27. The molecule has 1 heterocycles. The van der Waals surface area contributed by atoms with Crippen LogP contribution in [-0.4, -0.2) is 24.5 Å². The van der Waals surface area contributed by atoms with Gasteiger partial charge >= 0.3 is 0 Å². The van der Waals surface area contributed by atoms with Crippen LogP contribution in [0.15, 0.2) is 35.3 Å². The first-order chi connectivity index (χ1) is 7.25. The molecule has 4 heteroatoms. The molecule has 0 unspecified atom stereocenters. The van der Waals surface area contributed by atoms with Gasteiger partial charge in [-0.25, -0.2) is 4.99 Å². The third-order valence-electron chi connectivity index (χ3n) is 2.23. The van der Waals surface area contributed by atoms with Gasteiger partial charge in [-0.2, -0.15) is 0 Å². The van der Waals surface area contributed by atoms with Crippen LogP contribution in [0.1, 0.15) is 5.56 Å². The van der Waals surface area contributed by atoms with Gasteiger partial charge < -0.3 is 10.5 Å². The zero-order valence-corrected chi connectivity index (χ0v) is 8.22. The van der Waals surface area contributed by atoms with E-state index in [0.717, 1.165) is 5.56 Å². The summed E-state index contributed by atoms with van der Waals surface area (Å²) in [6.07, 6.45) is 0.616. The quantitative estimate of drug-likeness (QED) is 0.779. The van der Waals surface area contributed by atoms with Gasteiger partial charge in [0.25, 0.3) is 0 Å². The van der Waals surface area contributed by atoms with Crippen LogP contribution in [0.3, 0.4) is 0 Å². The fourth-order valence-corrected chi connectivity index (χ4v) is 1.44. The summed E-state index contributed by atoms with van der Waals surface area (Å²) in [6, 6.07) is 9.33. The Labute approximate surface area is 87.8 Å². The monoisotopic (exact) mass is 204 g/mol. The number of nitrogens with zero attached hydrogens (tertiary/aromatic N) is 1. The van der Waals surface area contributed by atoms with E-state index in [1.165, 1.54) is 0 Å². The SMILES string of the molecule is NC(=O)[C@@H]1COC(Cc2ccccc2)=N1. The number of amides is 1. The van der Waals surface area contributed by atoms with Crippen molar-refractivity contribution in [2.75, 3.05) is 6.61 Å². The van der Waals surface area contributed by atoms with Gasteiger partial charge in [0.1, 0.15) is 6.61 Å². The van der Waals surface area contributed by atoms with E-state index in [4.69, 9.17) is 10.5 Å². The minimum absolute atomic E-state index is 0.275. The molecule has 0 aliphatic carbocycles. The maximum Gasteiger partial charge on any atom is 0.245 e. The number of primary amides is 1. The number of benzene rings is 1. The highest BCUT2D eigenvalue weighted by molar-refractivity contribution is 5.88. The highest BCUT2D eigenvalue weighted by Crippen LogP contribution is 2.09. The van der Waals surface area contributed by atoms with Crippen molar-refractivity contribution in [1.29, 1.82) is 0 Å². The van der Waals surface area contributed by atoms with Crippen molar-refractivity contribution in [3.05, 3.63) is 35.9 Å². The summed E-state index contributed by atoms with van der Waals surface area (Å²) in [5.74, 6) is 0.156. The van der Waals surface area contributed by atoms with Crippen LogP contribution >= 0.6 is 0 Å². The van der Waals surface area contributed by atoms with Gasteiger partial charge in [0.2, 0.25) is 5.91 Å². The van der Waals surface area contributed by atoms with E-state index in [1.807, 2.05) is 30.3 Å². The predicted molar refractivity (Wildman–Crippen MR) is 56.5 cm³/mol. The van der Waals surface area contributed by atoms with Crippen molar-refractivity contribution in [2.45, 2.75) is 12.5 Å². The van der Waals surface area contributed by atoms with Gasteiger partial charge in [-0.15, -0.1) is 0 Å². The van der Waals surface area contributed by atoms with Crippen LogP contribution < -0.4 is 5.73 Å². The van der Waals surface area contributed by atoms with E-state index in [1.54, 1.807) is 0 Å². The van der Waals surface area contributed by atoms with Gasteiger partial charge in [-0.3, -0.25) is 4.79 Å². The van der Waals surface area contributed by atoms with Crippen LogP contribution in [-0.2, 0) is 16.0 Å². The molecule has 1 atom stereocenters. The fourth-order valence-electron chi connectivity index (χ4n) is 1.44.